The highest BCUT2D eigenvalue weighted by atomic mass is 127. The lowest BCUT2D eigenvalue weighted by Gasteiger charge is -2.37. The van der Waals surface area contributed by atoms with Crippen LogP contribution >= 0.6 is 24.0 Å². The van der Waals surface area contributed by atoms with Crippen LogP contribution in [0.25, 0.3) is 0 Å². The zero-order valence-corrected chi connectivity index (χ0v) is 21.4. The summed E-state index contributed by atoms with van der Waals surface area (Å²) in [6.07, 6.45) is 4.69. The van der Waals surface area contributed by atoms with E-state index in [1.54, 1.807) is 0 Å². The first-order valence-corrected chi connectivity index (χ1v) is 11.3. The van der Waals surface area contributed by atoms with Crippen molar-refractivity contribution in [3.05, 3.63) is 84.2 Å². The van der Waals surface area contributed by atoms with Gasteiger partial charge in [0.25, 0.3) is 0 Å². The van der Waals surface area contributed by atoms with Gasteiger partial charge in [0.2, 0.25) is 0 Å². The first-order chi connectivity index (χ1) is 15.7. The Balaban J connectivity index is 0.00000306. The monoisotopic (exact) mass is 562 g/mol. The fraction of sp³-hybridized carbons (Fsp3) is 0.360. The molecule has 1 aromatic heterocycles. The fourth-order valence-electron chi connectivity index (χ4n) is 4.01. The number of piperazine rings is 1. The van der Waals surface area contributed by atoms with Crippen molar-refractivity contribution >= 4 is 35.6 Å². The molecule has 0 amide bonds. The molecule has 1 fully saturated rings. The van der Waals surface area contributed by atoms with E-state index in [2.05, 4.69) is 55.9 Å². The highest BCUT2D eigenvalue weighted by molar-refractivity contribution is 14.0. The number of guanidine groups is 1. The Morgan fingerprint density at radius 1 is 1.03 bits per heavy atom. The molecule has 2 aromatic carbocycles. The zero-order valence-electron chi connectivity index (χ0n) is 19.0. The molecule has 1 N–H and O–H groups in total. The van der Waals surface area contributed by atoms with E-state index in [-0.39, 0.29) is 29.8 Å². The molecule has 0 aliphatic carbocycles. The van der Waals surface area contributed by atoms with Gasteiger partial charge in [0.1, 0.15) is 11.6 Å². The highest BCUT2D eigenvalue weighted by Gasteiger charge is 2.20. The molecule has 0 saturated carbocycles. The summed E-state index contributed by atoms with van der Waals surface area (Å²) in [5.74, 6) is 1.81. The summed E-state index contributed by atoms with van der Waals surface area (Å²) in [6, 6.07) is 17.2. The number of rotatable bonds is 7. The number of nitrogens with one attached hydrogen (secondary N) is 1. The first-order valence-electron chi connectivity index (χ1n) is 11.3. The van der Waals surface area contributed by atoms with Gasteiger partial charge in [0.15, 0.2) is 5.96 Å². The molecule has 33 heavy (non-hydrogen) atoms. The topological polar surface area (TPSA) is 48.7 Å². The molecule has 6 nitrogen and oxygen atoms in total. The predicted octanol–water partition coefficient (Wildman–Crippen LogP) is 4.02. The van der Waals surface area contributed by atoms with Gasteiger partial charge in [0, 0.05) is 70.3 Å². The SMILES string of the molecule is CCNC(=NCCc1nccn1Cc1ccccc1)N1CCN(c2ccc(F)cc2)CC1.I. The van der Waals surface area contributed by atoms with Crippen molar-refractivity contribution < 1.29 is 4.39 Å². The maximum absolute atomic E-state index is 13.2. The molecule has 0 atom stereocenters. The van der Waals surface area contributed by atoms with Gasteiger partial charge >= 0.3 is 0 Å². The third-order valence-corrected chi connectivity index (χ3v) is 5.70. The number of aromatic nitrogens is 2. The minimum atomic E-state index is -0.196. The Morgan fingerprint density at radius 3 is 2.45 bits per heavy atom. The minimum absolute atomic E-state index is 0. The largest absolute Gasteiger partial charge is 0.368 e. The molecule has 0 radical (unpaired) electrons. The molecule has 1 aliphatic rings. The Hall–Kier alpha value is -2.62. The van der Waals surface area contributed by atoms with Gasteiger partial charge in [-0.3, -0.25) is 4.99 Å². The van der Waals surface area contributed by atoms with Crippen LogP contribution in [0.3, 0.4) is 0 Å². The molecular formula is C25H32FIN6. The van der Waals surface area contributed by atoms with Crippen LogP contribution in [0.5, 0.6) is 0 Å². The number of anilines is 1. The normalized spacial score (nSPS) is 14.2. The third kappa shape index (κ3) is 6.93. The van der Waals surface area contributed by atoms with Crippen molar-refractivity contribution in [1.82, 2.24) is 19.8 Å². The molecule has 176 valence electrons. The number of benzene rings is 2. The summed E-state index contributed by atoms with van der Waals surface area (Å²) in [5, 5.41) is 3.43. The summed E-state index contributed by atoms with van der Waals surface area (Å²) in [5.41, 5.74) is 2.33. The second kappa shape index (κ2) is 12.6. The van der Waals surface area contributed by atoms with Crippen LogP contribution in [-0.4, -0.2) is 59.7 Å². The number of halogens is 2. The van der Waals surface area contributed by atoms with E-state index in [0.717, 1.165) is 63.2 Å². The van der Waals surface area contributed by atoms with Crippen LogP contribution in [0.15, 0.2) is 72.0 Å². The maximum Gasteiger partial charge on any atom is 0.194 e. The van der Waals surface area contributed by atoms with Crippen LogP contribution in [0.4, 0.5) is 10.1 Å². The van der Waals surface area contributed by atoms with Crippen molar-refractivity contribution in [3.63, 3.8) is 0 Å². The second-order valence-corrected chi connectivity index (χ2v) is 7.89. The molecule has 0 spiro atoms. The quantitative estimate of drug-likeness (QED) is 0.269. The van der Waals surface area contributed by atoms with E-state index in [9.17, 15) is 4.39 Å². The van der Waals surface area contributed by atoms with Crippen LogP contribution in [-0.2, 0) is 13.0 Å². The average molecular weight is 562 g/mol. The zero-order chi connectivity index (χ0) is 22.2. The van der Waals surface area contributed by atoms with E-state index in [0.29, 0.717) is 6.54 Å². The van der Waals surface area contributed by atoms with Crippen LogP contribution in [0.1, 0.15) is 18.3 Å². The molecule has 0 bridgehead atoms. The van der Waals surface area contributed by atoms with Gasteiger partial charge in [0.05, 0.1) is 0 Å². The standard InChI is InChI=1S/C25H31FN6.HI/c1-2-27-25(31-18-16-30(17-19-31)23-10-8-22(26)9-11-23)29-13-12-24-28-14-15-32(24)20-21-6-4-3-5-7-21;/h3-11,14-15H,2,12-13,16-20H2,1H3,(H,27,29);1H. The summed E-state index contributed by atoms with van der Waals surface area (Å²) in [7, 11) is 0. The predicted molar refractivity (Wildman–Crippen MR) is 143 cm³/mol. The Labute approximate surface area is 212 Å². The summed E-state index contributed by atoms with van der Waals surface area (Å²) >= 11 is 0. The van der Waals surface area contributed by atoms with Crippen molar-refractivity contribution in [1.29, 1.82) is 0 Å². The molecule has 3 aromatic rings. The number of hydrogen-bond donors (Lipinski definition) is 1. The average Bonchev–Trinajstić information content (AvgIpc) is 3.26. The minimum Gasteiger partial charge on any atom is -0.368 e. The summed E-state index contributed by atoms with van der Waals surface area (Å²) in [4.78, 5) is 14.0. The van der Waals surface area contributed by atoms with Gasteiger partial charge < -0.3 is 19.7 Å². The maximum atomic E-state index is 13.2. The van der Waals surface area contributed by atoms with Crippen molar-refractivity contribution in [3.8, 4) is 0 Å². The van der Waals surface area contributed by atoms with Crippen LogP contribution < -0.4 is 10.2 Å². The number of imidazole rings is 1. The lowest BCUT2D eigenvalue weighted by Crippen LogP contribution is -2.52. The summed E-state index contributed by atoms with van der Waals surface area (Å²) < 4.78 is 15.4. The second-order valence-electron chi connectivity index (χ2n) is 7.89. The number of hydrogen-bond acceptors (Lipinski definition) is 3. The van der Waals surface area contributed by atoms with Gasteiger partial charge in [-0.05, 0) is 36.8 Å². The third-order valence-electron chi connectivity index (χ3n) is 5.70. The lowest BCUT2D eigenvalue weighted by molar-refractivity contribution is 0.372. The van der Waals surface area contributed by atoms with E-state index >= 15 is 0 Å². The molecular weight excluding hydrogens is 530 g/mol. The van der Waals surface area contributed by atoms with Gasteiger partial charge in [-0.1, -0.05) is 30.3 Å². The van der Waals surface area contributed by atoms with Gasteiger partial charge in [-0.15, -0.1) is 24.0 Å². The number of nitrogens with zero attached hydrogens (tertiary/aromatic N) is 5. The van der Waals surface area contributed by atoms with E-state index in [4.69, 9.17) is 4.99 Å². The fourth-order valence-corrected chi connectivity index (χ4v) is 4.01. The first kappa shape index (κ1) is 25.0. The van der Waals surface area contributed by atoms with Crippen LogP contribution in [0.2, 0.25) is 0 Å². The van der Waals surface area contributed by atoms with Gasteiger partial charge in [-0.25, -0.2) is 9.37 Å². The van der Waals surface area contributed by atoms with Crippen LogP contribution in [0, 0.1) is 5.82 Å². The Kier molecular flexibility index (Phi) is 9.53. The van der Waals surface area contributed by atoms with E-state index in [1.165, 1.54) is 17.7 Å². The van der Waals surface area contributed by atoms with Crippen molar-refractivity contribution in [2.75, 3.05) is 44.2 Å². The lowest BCUT2D eigenvalue weighted by atomic mass is 10.2. The Bertz CT molecular complexity index is 997. The van der Waals surface area contributed by atoms with Gasteiger partial charge in [-0.2, -0.15) is 0 Å². The molecule has 0 unspecified atom stereocenters. The molecule has 2 heterocycles. The van der Waals surface area contributed by atoms with E-state index in [1.807, 2.05) is 30.6 Å². The Morgan fingerprint density at radius 2 is 1.76 bits per heavy atom. The molecule has 4 rings (SSSR count). The summed E-state index contributed by atoms with van der Waals surface area (Å²) in [6.45, 7) is 7.97. The highest BCUT2D eigenvalue weighted by Crippen LogP contribution is 2.17. The van der Waals surface area contributed by atoms with Crippen molar-refractivity contribution in [2.45, 2.75) is 19.9 Å². The van der Waals surface area contributed by atoms with Crippen molar-refractivity contribution in [2.24, 2.45) is 4.99 Å². The molecule has 8 heteroatoms. The number of aliphatic imine (C=N–C) groups is 1. The van der Waals surface area contributed by atoms with E-state index < -0.39 is 0 Å². The molecule has 1 aliphatic heterocycles. The molecule has 1 saturated heterocycles. The smallest absolute Gasteiger partial charge is 0.194 e.